The lowest BCUT2D eigenvalue weighted by Crippen LogP contribution is -2.35. The van der Waals surface area contributed by atoms with E-state index in [9.17, 15) is 4.79 Å². The van der Waals surface area contributed by atoms with Crippen molar-refractivity contribution < 1.29 is 14.3 Å². The van der Waals surface area contributed by atoms with Crippen molar-refractivity contribution in [3.8, 4) is 11.3 Å². The van der Waals surface area contributed by atoms with Gasteiger partial charge in [-0.25, -0.2) is 4.79 Å². The average Bonchev–Trinajstić information content (AvgIpc) is 2.91. The molecular formula is C13H12N2O3. The summed E-state index contributed by atoms with van der Waals surface area (Å²) in [5.74, 6) is 0. The van der Waals surface area contributed by atoms with Crippen LogP contribution in [0.1, 0.15) is 11.3 Å². The quantitative estimate of drug-likeness (QED) is 0.836. The van der Waals surface area contributed by atoms with Crippen molar-refractivity contribution in [2.75, 3.05) is 6.54 Å². The minimum absolute atomic E-state index is 0.420. The fraction of sp³-hybridized carbons (Fsp3) is 0.231. The minimum atomic E-state index is -0.875. The van der Waals surface area contributed by atoms with E-state index in [-0.39, 0.29) is 0 Å². The molecule has 5 heteroatoms. The second kappa shape index (κ2) is 4.18. The van der Waals surface area contributed by atoms with E-state index in [4.69, 9.17) is 9.52 Å². The van der Waals surface area contributed by atoms with Crippen molar-refractivity contribution in [1.29, 1.82) is 0 Å². The molecule has 0 saturated carbocycles. The number of nitrogens with zero attached hydrogens (tertiary/aromatic N) is 2. The molecule has 0 aromatic carbocycles. The number of aromatic nitrogens is 1. The predicted octanol–water partition coefficient (Wildman–Crippen LogP) is 2.38. The van der Waals surface area contributed by atoms with Crippen molar-refractivity contribution in [3.05, 3.63) is 42.0 Å². The van der Waals surface area contributed by atoms with Crippen molar-refractivity contribution in [2.24, 2.45) is 0 Å². The van der Waals surface area contributed by atoms with Crippen LogP contribution in [0.3, 0.4) is 0 Å². The van der Waals surface area contributed by atoms with Gasteiger partial charge in [0, 0.05) is 24.2 Å². The van der Waals surface area contributed by atoms with Gasteiger partial charge in [0.25, 0.3) is 0 Å². The highest BCUT2D eigenvalue weighted by molar-refractivity contribution is 5.66. The van der Waals surface area contributed by atoms with Crippen LogP contribution >= 0.6 is 0 Å². The van der Waals surface area contributed by atoms with E-state index in [1.807, 2.05) is 18.2 Å². The van der Waals surface area contributed by atoms with E-state index in [0.717, 1.165) is 22.5 Å². The average molecular weight is 244 g/mol. The molecule has 1 aliphatic rings. The summed E-state index contributed by atoms with van der Waals surface area (Å²) in [4.78, 5) is 16.9. The standard InChI is InChI=1S/C13H12N2O3/c16-13(17)15-5-3-12-9(7-15)1-2-11(14-12)10-4-6-18-8-10/h1-2,4,6,8H,3,5,7H2,(H,16,17). The Kier molecular flexibility index (Phi) is 2.51. The van der Waals surface area contributed by atoms with Crippen molar-refractivity contribution in [2.45, 2.75) is 13.0 Å². The van der Waals surface area contributed by atoms with E-state index >= 15 is 0 Å². The fourth-order valence-electron chi connectivity index (χ4n) is 2.15. The summed E-state index contributed by atoms with van der Waals surface area (Å²) >= 11 is 0. The Morgan fingerprint density at radius 1 is 1.39 bits per heavy atom. The Balaban J connectivity index is 1.92. The Hall–Kier alpha value is -2.30. The molecule has 1 aliphatic heterocycles. The molecule has 0 unspecified atom stereocenters. The van der Waals surface area contributed by atoms with Crippen LogP contribution in [0.25, 0.3) is 11.3 Å². The Bertz CT molecular complexity index is 578. The third kappa shape index (κ3) is 1.84. The summed E-state index contributed by atoms with van der Waals surface area (Å²) in [6.07, 6.45) is 3.05. The van der Waals surface area contributed by atoms with Gasteiger partial charge in [-0.05, 0) is 17.7 Å². The molecule has 3 heterocycles. The molecule has 0 radical (unpaired) electrons. The molecule has 0 spiro atoms. The van der Waals surface area contributed by atoms with Crippen LogP contribution in [-0.4, -0.2) is 27.6 Å². The van der Waals surface area contributed by atoms with Crippen LogP contribution in [0.4, 0.5) is 4.79 Å². The first-order chi connectivity index (χ1) is 8.74. The topological polar surface area (TPSA) is 66.6 Å². The van der Waals surface area contributed by atoms with Gasteiger partial charge < -0.3 is 14.4 Å². The van der Waals surface area contributed by atoms with Gasteiger partial charge in [0.1, 0.15) is 0 Å². The number of carboxylic acid groups (broad SMARTS) is 1. The monoisotopic (exact) mass is 244 g/mol. The second-order valence-corrected chi connectivity index (χ2v) is 4.27. The molecule has 5 nitrogen and oxygen atoms in total. The van der Waals surface area contributed by atoms with Crippen LogP contribution in [0.15, 0.2) is 35.1 Å². The SMILES string of the molecule is O=C(O)N1CCc2nc(-c3ccoc3)ccc2C1. The lowest BCUT2D eigenvalue weighted by Gasteiger charge is -2.25. The molecule has 0 fully saturated rings. The molecule has 92 valence electrons. The maximum atomic E-state index is 10.9. The second-order valence-electron chi connectivity index (χ2n) is 4.27. The van der Waals surface area contributed by atoms with Gasteiger partial charge in [-0.3, -0.25) is 4.98 Å². The van der Waals surface area contributed by atoms with Crippen LogP contribution < -0.4 is 0 Å². The van der Waals surface area contributed by atoms with Gasteiger partial charge in [-0.1, -0.05) is 6.07 Å². The molecule has 0 bridgehead atoms. The number of fused-ring (bicyclic) bond motifs is 1. The molecule has 1 N–H and O–H groups in total. The van der Waals surface area contributed by atoms with Gasteiger partial charge in [-0.15, -0.1) is 0 Å². The first-order valence-corrected chi connectivity index (χ1v) is 5.73. The first-order valence-electron chi connectivity index (χ1n) is 5.73. The van der Waals surface area contributed by atoms with E-state index < -0.39 is 6.09 Å². The van der Waals surface area contributed by atoms with Gasteiger partial charge in [0.15, 0.2) is 0 Å². The van der Waals surface area contributed by atoms with Crippen molar-refractivity contribution in [3.63, 3.8) is 0 Å². The first kappa shape index (κ1) is 10.8. The Labute approximate surface area is 104 Å². The maximum absolute atomic E-state index is 10.9. The van der Waals surface area contributed by atoms with Crippen LogP contribution in [0.5, 0.6) is 0 Å². The highest BCUT2D eigenvalue weighted by Crippen LogP contribution is 2.23. The number of pyridine rings is 1. The summed E-state index contributed by atoms with van der Waals surface area (Å²) in [6, 6.07) is 5.70. The molecule has 1 amide bonds. The summed E-state index contributed by atoms with van der Waals surface area (Å²) in [7, 11) is 0. The van der Waals surface area contributed by atoms with E-state index in [1.165, 1.54) is 4.90 Å². The normalized spacial score (nSPS) is 14.3. The molecule has 2 aromatic heterocycles. The summed E-state index contributed by atoms with van der Waals surface area (Å²) in [5, 5.41) is 8.96. The highest BCUT2D eigenvalue weighted by atomic mass is 16.4. The zero-order valence-electron chi connectivity index (χ0n) is 9.67. The third-order valence-corrected chi connectivity index (χ3v) is 3.14. The molecule has 3 rings (SSSR count). The summed E-state index contributed by atoms with van der Waals surface area (Å²) in [5.41, 5.74) is 3.77. The number of hydrogen-bond donors (Lipinski definition) is 1. The van der Waals surface area contributed by atoms with Crippen molar-refractivity contribution in [1.82, 2.24) is 9.88 Å². The number of rotatable bonds is 1. The molecular weight excluding hydrogens is 232 g/mol. The fourth-order valence-corrected chi connectivity index (χ4v) is 2.15. The number of hydrogen-bond acceptors (Lipinski definition) is 3. The number of amides is 1. The maximum Gasteiger partial charge on any atom is 0.407 e. The molecule has 0 atom stereocenters. The van der Waals surface area contributed by atoms with Gasteiger partial charge in [0.05, 0.1) is 24.8 Å². The van der Waals surface area contributed by atoms with Gasteiger partial charge >= 0.3 is 6.09 Å². The van der Waals surface area contributed by atoms with Crippen molar-refractivity contribution >= 4 is 6.09 Å². The van der Waals surface area contributed by atoms with Crippen LogP contribution in [-0.2, 0) is 13.0 Å². The highest BCUT2D eigenvalue weighted by Gasteiger charge is 2.21. The third-order valence-electron chi connectivity index (χ3n) is 3.14. The summed E-state index contributed by atoms with van der Waals surface area (Å²) in [6.45, 7) is 0.924. The van der Waals surface area contributed by atoms with Crippen LogP contribution in [0.2, 0.25) is 0 Å². The van der Waals surface area contributed by atoms with Gasteiger partial charge in [0.2, 0.25) is 0 Å². The Morgan fingerprint density at radius 2 is 2.28 bits per heavy atom. The minimum Gasteiger partial charge on any atom is -0.472 e. The smallest absolute Gasteiger partial charge is 0.407 e. The predicted molar refractivity (Wildman–Crippen MR) is 64.1 cm³/mol. The molecule has 0 aliphatic carbocycles. The number of furan rings is 1. The van der Waals surface area contributed by atoms with E-state index in [2.05, 4.69) is 4.98 Å². The summed E-state index contributed by atoms with van der Waals surface area (Å²) < 4.78 is 5.04. The molecule has 0 saturated heterocycles. The zero-order chi connectivity index (χ0) is 12.5. The lowest BCUT2D eigenvalue weighted by atomic mass is 10.0. The van der Waals surface area contributed by atoms with E-state index in [0.29, 0.717) is 19.5 Å². The Morgan fingerprint density at radius 3 is 3.00 bits per heavy atom. The van der Waals surface area contributed by atoms with E-state index in [1.54, 1.807) is 12.5 Å². The number of carbonyl (C=O) groups is 1. The van der Waals surface area contributed by atoms with Gasteiger partial charge in [-0.2, -0.15) is 0 Å². The largest absolute Gasteiger partial charge is 0.472 e. The van der Waals surface area contributed by atoms with Crippen LogP contribution in [0, 0.1) is 0 Å². The molecule has 2 aromatic rings. The zero-order valence-corrected chi connectivity index (χ0v) is 9.67. The molecule has 18 heavy (non-hydrogen) atoms. The lowest BCUT2D eigenvalue weighted by molar-refractivity contribution is 0.139.